The highest BCUT2D eigenvalue weighted by Crippen LogP contribution is 2.32. The molecule has 2 saturated heterocycles. The SMILES string of the molecule is CCNC(=O)N1CCN(C[Si](C)(C)c2cc(N3CCN(C(=O)OC(C)(C)C)CC3)cc(C(F)(F)F)c2)CC1. The van der Waals surface area contributed by atoms with Crippen LogP contribution in [0.2, 0.25) is 13.1 Å². The Balaban J connectivity index is 1.73. The summed E-state index contributed by atoms with van der Waals surface area (Å²) in [5.41, 5.74) is -0.698. The average molecular weight is 558 g/mol. The summed E-state index contributed by atoms with van der Waals surface area (Å²) in [5.74, 6) is 0. The number of alkyl halides is 3. The summed E-state index contributed by atoms with van der Waals surface area (Å²) in [6.07, 6.45) is -4.14. The van der Waals surface area contributed by atoms with Crippen LogP contribution in [0.3, 0.4) is 0 Å². The van der Waals surface area contributed by atoms with Crippen LogP contribution in [-0.2, 0) is 10.9 Å². The van der Waals surface area contributed by atoms with Crippen molar-refractivity contribution in [2.24, 2.45) is 0 Å². The maximum absolute atomic E-state index is 13.9. The number of hydrogen-bond donors (Lipinski definition) is 1. The van der Waals surface area contributed by atoms with Gasteiger partial charge in [0, 0.05) is 64.6 Å². The molecule has 0 bridgehead atoms. The minimum absolute atomic E-state index is 0.0714. The van der Waals surface area contributed by atoms with Crippen LogP contribution in [-0.4, -0.2) is 106 Å². The molecule has 2 heterocycles. The number of ether oxygens (including phenoxy) is 1. The highest BCUT2D eigenvalue weighted by atomic mass is 28.3. The lowest BCUT2D eigenvalue weighted by atomic mass is 10.1. The van der Waals surface area contributed by atoms with Gasteiger partial charge in [-0.15, -0.1) is 0 Å². The van der Waals surface area contributed by atoms with Gasteiger partial charge in [-0.1, -0.05) is 24.3 Å². The Morgan fingerprint density at radius 2 is 1.50 bits per heavy atom. The molecule has 0 atom stereocenters. The van der Waals surface area contributed by atoms with Gasteiger partial charge in [0.25, 0.3) is 0 Å². The second-order valence-corrected chi connectivity index (χ2v) is 16.4. The summed E-state index contributed by atoms with van der Waals surface area (Å²) in [6.45, 7) is 16.3. The number of piperazine rings is 2. The molecule has 1 aromatic rings. The average Bonchev–Trinajstić information content (AvgIpc) is 2.82. The first-order chi connectivity index (χ1) is 17.6. The lowest BCUT2D eigenvalue weighted by Gasteiger charge is -2.39. The van der Waals surface area contributed by atoms with Gasteiger partial charge in [0.2, 0.25) is 0 Å². The molecule has 3 rings (SSSR count). The zero-order valence-electron chi connectivity index (χ0n) is 23.5. The van der Waals surface area contributed by atoms with E-state index in [0.29, 0.717) is 70.8 Å². The van der Waals surface area contributed by atoms with Crippen molar-refractivity contribution in [3.8, 4) is 0 Å². The summed E-state index contributed by atoms with van der Waals surface area (Å²) < 4.78 is 47.3. The van der Waals surface area contributed by atoms with Crippen LogP contribution >= 0.6 is 0 Å². The van der Waals surface area contributed by atoms with E-state index in [1.54, 1.807) is 30.6 Å². The Kier molecular flexibility index (Phi) is 9.28. The van der Waals surface area contributed by atoms with Crippen LogP contribution in [0.15, 0.2) is 18.2 Å². The molecule has 2 aliphatic rings. The second-order valence-electron chi connectivity index (χ2n) is 11.7. The van der Waals surface area contributed by atoms with Crippen molar-refractivity contribution >= 4 is 31.1 Å². The number of urea groups is 1. The number of hydrogen-bond acceptors (Lipinski definition) is 5. The molecule has 8 nitrogen and oxygen atoms in total. The molecule has 0 aromatic heterocycles. The van der Waals surface area contributed by atoms with E-state index in [2.05, 4.69) is 23.3 Å². The number of carbonyl (C=O) groups is 2. The molecule has 0 saturated carbocycles. The Labute approximate surface area is 225 Å². The Hall–Kier alpha value is -2.47. The summed E-state index contributed by atoms with van der Waals surface area (Å²) in [4.78, 5) is 32.1. The van der Waals surface area contributed by atoms with Gasteiger partial charge in [0.15, 0.2) is 0 Å². The highest BCUT2D eigenvalue weighted by molar-refractivity contribution is 6.90. The van der Waals surface area contributed by atoms with E-state index >= 15 is 0 Å². The van der Waals surface area contributed by atoms with Gasteiger partial charge in [-0.2, -0.15) is 13.2 Å². The fourth-order valence-corrected chi connectivity index (χ4v) is 7.55. The van der Waals surface area contributed by atoms with Crippen LogP contribution in [0.1, 0.15) is 33.3 Å². The molecule has 1 aromatic carbocycles. The molecule has 214 valence electrons. The summed E-state index contributed by atoms with van der Waals surface area (Å²) >= 11 is 0. The van der Waals surface area contributed by atoms with Crippen molar-refractivity contribution in [3.05, 3.63) is 23.8 Å². The van der Waals surface area contributed by atoms with Crippen molar-refractivity contribution in [1.82, 2.24) is 20.0 Å². The first kappa shape index (κ1) is 30.1. The van der Waals surface area contributed by atoms with Crippen LogP contribution < -0.4 is 15.4 Å². The van der Waals surface area contributed by atoms with E-state index in [1.807, 2.05) is 17.9 Å². The van der Waals surface area contributed by atoms with Crippen molar-refractivity contribution in [3.63, 3.8) is 0 Å². The molecule has 0 spiro atoms. The van der Waals surface area contributed by atoms with E-state index in [-0.39, 0.29) is 6.03 Å². The number of rotatable bonds is 5. The van der Waals surface area contributed by atoms with Crippen molar-refractivity contribution < 1.29 is 27.5 Å². The summed E-state index contributed by atoms with van der Waals surface area (Å²) in [6, 6.07) is 4.38. The zero-order valence-corrected chi connectivity index (χ0v) is 24.5. The molecule has 3 amide bonds. The Morgan fingerprint density at radius 1 is 0.921 bits per heavy atom. The minimum atomic E-state index is -4.45. The minimum Gasteiger partial charge on any atom is -0.444 e. The molecular formula is C26H42F3N5O3Si. The summed E-state index contributed by atoms with van der Waals surface area (Å²) in [7, 11) is -2.30. The number of nitrogens with zero attached hydrogens (tertiary/aromatic N) is 4. The van der Waals surface area contributed by atoms with E-state index in [0.717, 1.165) is 5.19 Å². The Bertz CT molecular complexity index is 983. The third kappa shape index (κ3) is 8.01. The largest absolute Gasteiger partial charge is 0.444 e. The lowest BCUT2D eigenvalue weighted by molar-refractivity contribution is -0.137. The molecule has 12 heteroatoms. The molecule has 0 aliphatic carbocycles. The monoisotopic (exact) mass is 557 g/mol. The van der Waals surface area contributed by atoms with Crippen LogP contribution in [0.5, 0.6) is 0 Å². The Morgan fingerprint density at radius 3 is 2.03 bits per heavy atom. The van der Waals surface area contributed by atoms with Crippen LogP contribution in [0.4, 0.5) is 28.4 Å². The predicted molar refractivity (Wildman–Crippen MR) is 146 cm³/mol. The standard InChI is InChI=1S/C26H42F3N5O3Si/c1-7-30-23(35)33-10-8-31(9-11-33)19-38(5,6)22-17-20(26(27,28)29)16-21(18-22)32-12-14-34(15-13-32)24(36)37-25(2,3)4/h16-18H,7-15,19H2,1-6H3,(H,30,35). The maximum Gasteiger partial charge on any atom is 0.416 e. The predicted octanol–water partition coefficient (Wildman–Crippen LogP) is 3.56. The molecule has 0 radical (unpaired) electrons. The van der Waals surface area contributed by atoms with Gasteiger partial charge < -0.3 is 29.7 Å². The fourth-order valence-electron chi connectivity index (χ4n) is 4.84. The second kappa shape index (κ2) is 11.7. The third-order valence-electron chi connectivity index (χ3n) is 6.93. The molecule has 1 N–H and O–H groups in total. The smallest absolute Gasteiger partial charge is 0.416 e. The van der Waals surface area contributed by atoms with Gasteiger partial charge in [0.1, 0.15) is 5.60 Å². The van der Waals surface area contributed by atoms with Crippen LogP contribution in [0.25, 0.3) is 0 Å². The molecular weight excluding hydrogens is 515 g/mol. The van der Waals surface area contributed by atoms with Gasteiger partial charge in [0.05, 0.1) is 13.6 Å². The maximum atomic E-state index is 13.9. The van der Waals surface area contributed by atoms with Gasteiger partial charge >= 0.3 is 18.3 Å². The fraction of sp³-hybridized carbons (Fsp3) is 0.692. The van der Waals surface area contributed by atoms with Crippen molar-refractivity contribution in [1.29, 1.82) is 0 Å². The number of amides is 3. The van der Waals surface area contributed by atoms with Gasteiger partial charge in [-0.25, -0.2) is 9.59 Å². The van der Waals surface area contributed by atoms with Gasteiger partial charge in [-0.05, 0) is 46.0 Å². The first-order valence-corrected chi connectivity index (χ1v) is 16.5. The van der Waals surface area contributed by atoms with Gasteiger partial charge in [-0.3, -0.25) is 0 Å². The lowest BCUT2D eigenvalue weighted by Crippen LogP contribution is -2.58. The molecule has 2 aliphatic heterocycles. The number of anilines is 1. The van der Waals surface area contributed by atoms with E-state index in [4.69, 9.17) is 4.74 Å². The summed E-state index contributed by atoms with van der Waals surface area (Å²) in [5, 5.41) is 3.57. The van der Waals surface area contributed by atoms with E-state index in [1.165, 1.54) is 12.1 Å². The van der Waals surface area contributed by atoms with Crippen LogP contribution in [0, 0.1) is 0 Å². The normalized spacial score (nSPS) is 18.0. The zero-order chi connectivity index (χ0) is 28.3. The van der Waals surface area contributed by atoms with E-state index < -0.39 is 31.5 Å². The quantitative estimate of drug-likeness (QED) is 0.561. The number of nitrogens with one attached hydrogen (secondary N) is 1. The third-order valence-corrected chi connectivity index (χ3v) is 10.0. The number of carbonyl (C=O) groups excluding carboxylic acids is 2. The number of benzene rings is 1. The van der Waals surface area contributed by atoms with E-state index in [9.17, 15) is 22.8 Å². The number of halogens is 3. The molecule has 2 fully saturated rings. The van der Waals surface area contributed by atoms with Crippen molar-refractivity contribution in [2.75, 3.05) is 70.0 Å². The first-order valence-electron chi connectivity index (χ1n) is 13.3. The van der Waals surface area contributed by atoms with Crippen molar-refractivity contribution in [2.45, 2.75) is 52.6 Å². The molecule has 0 unspecified atom stereocenters. The molecule has 38 heavy (non-hydrogen) atoms. The topological polar surface area (TPSA) is 68.4 Å². The highest BCUT2D eigenvalue weighted by Gasteiger charge is 2.36.